The normalized spacial score (nSPS) is 22.0. The van der Waals surface area contributed by atoms with Crippen LogP contribution >= 0.6 is 0 Å². The van der Waals surface area contributed by atoms with Gasteiger partial charge < -0.3 is 0 Å². The van der Waals surface area contributed by atoms with Crippen LogP contribution in [0.3, 0.4) is 0 Å². The second-order valence-corrected chi connectivity index (χ2v) is 2.62. The molecule has 0 aliphatic heterocycles. The van der Waals surface area contributed by atoms with Crippen LogP contribution in [0.5, 0.6) is 0 Å². The van der Waals surface area contributed by atoms with Crippen molar-refractivity contribution in [2.45, 2.75) is 38.9 Å². The molecule has 2 heteroatoms. The topological polar surface area (TPSA) is 26.1 Å². The van der Waals surface area contributed by atoms with E-state index in [1.54, 1.807) is 0 Å². The molecule has 9 heavy (non-hydrogen) atoms. The maximum Gasteiger partial charge on any atom is 0.0709 e. The fourth-order valence-electron chi connectivity index (χ4n) is 0.918. The van der Waals surface area contributed by atoms with Crippen molar-refractivity contribution in [3.05, 3.63) is 0 Å². The van der Waals surface area contributed by atoms with Crippen molar-refractivity contribution >= 4 is 0 Å². The molecule has 0 saturated heterocycles. The highest BCUT2D eigenvalue weighted by Gasteiger charge is 2.22. The van der Waals surface area contributed by atoms with Gasteiger partial charge in [0.1, 0.15) is 0 Å². The van der Waals surface area contributed by atoms with Crippen LogP contribution in [-0.2, 0) is 0 Å². The molecule has 1 rings (SSSR count). The molecule has 53 valence electrons. The molecule has 1 saturated carbocycles. The summed E-state index contributed by atoms with van der Waals surface area (Å²) in [5.74, 6) is 0. The first-order valence-corrected chi connectivity index (χ1v) is 3.75. The summed E-state index contributed by atoms with van der Waals surface area (Å²) in [6.07, 6.45) is 3.08. The molecule has 1 fully saturated rings. The zero-order valence-electron chi connectivity index (χ0n) is 6.22. The molecule has 0 aromatic carbocycles. The van der Waals surface area contributed by atoms with E-state index in [0.717, 1.165) is 12.6 Å². The zero-order chi connectivity index (χ0) is 6.69. The molecule has 0 aromatic rings. The first-order valence-electron chi connectivity index (χ1n) is 3.75. The van der Waals surface area contributed by atoms with Gasteiger partial charge >= 0.3 is 0 Å². The van der Waals surface area contributed by atoms with Crippen molar-refractivity contribution in [1.29, 1.82) is 0 Å². The van der Waals surface area contributed by atoms with E-state index in [1.807, 2.05) is 0 Å². The molecule has 0 heterocycles. The van der Waals surface area contributed by atoms with E-state index in [0.29, 0.717) is 6.17 Å². The predicted molar refractivity (Wildman–Crippen MR) is 38.3 cm³/mol. The molecule has 0 amide bonds. The van der Waals surface area contributed by atoms with Crippen LogP contribution in [0.2, 0.25) is 0 Å². The Morgan fingerprint density at radius 2 is 2.33 bits per heavy atom. The molecule has 2 nitrogen and oxygen atoms in total. The van der Waals surface area contributed by atoms with E-state index in [9.17, 15) is 0 Å². The van der Waals surface area contributed by atoms with Gasteiger partial charge in [0, 0.05) is 12.6 Å². The molecule has 1 aliphatic rings. The molecule has 1 N–H and O–H groups in total. The fourth-order valence-corrected chi connectivity index (χ4v) is 0.918. The van der Waals surface area contributed by atoms with E-state index < -0.39 is 0 Å². The Hall–Kier alpha value is -0.0800. The van der Waals surface area contributed by atoms with Crippen molar-refractivity contribution < 1.29 is 0 Å². The zero-order valence-corrected chi connectivity index (χ0v) is 6.22. The average molecular weight is 127 g/mol. The largest absolute Gasteiger partial charge is 0.298 e. The molecule has 0 aromatic heterocycles. The second kappa shape index (κ2) is 3.18. The van der Waals surface area contributed by atoms with Gasteiger partial charge in [0.05, 0.1) is 6.17 Å². The van der Waals surface area contributed by atoms with Gasteiger partial charge in [0.25, 0.3) is 0 Å². The minimum absolute atomic E-state index is 0.377. The smallest absolute Gasteiger partial charge is 0.0709 e. The van der Waals surface area contributed by atoms with Gasteiger partial charge in [-0.25, -0.2) is 5.32 Å². The van der Waals surface area contributed by atoms with E-state index >= 15 is 0 Å². The van der Waals surface area contributed by atoms with Crippen LogP contribution in [0.4, 0.5) is 0 Å². The summed E-state index contributed by atoms with van der Waals surface area (Å²) >= 11 is 0. The van der Waals surface area contributed by atoms with Crippen molar-refractivity contribution in [3.63, 3.8) is 0 Å². The Balaban J connectivity index is 1.95. The van der Waals surface area contributed by atoms with Crippen LogP contribution in [0.25, 0.3) is 0 Å². The van der Waals surface area contributed by atoms with Gasteiger partial charge in [-0.1, -0.05) is 6.92 Å². The number of rotatable bonds is 4. The number of nitrogens with zero attached hydrogens (tertiary/aromatic N) is 1. The lowest BCUT2D eigenvalue weighted by Crippen LogP contribution is -2.36. The summed E-state index contributed by atoms with van der Waals surface area (Å²) in [5.41, 5.74) is 0. The van der Waals surface area contributed by atoms with E-state index in [4.69, 9.17) is 0 Å². The van der Waals surface area contributed by atoms with E-state index in [2.05, 4.69) is 24.5 Å². The summed E-state index contributed by atoms with van der Waals surface area (Å²) < 4.78 is 0. The molecule has 1 unspecified atom stereocenters. The van der Waals surface area contributed by atoms with Crippen molar-refractivity contribution in [2.75, 3.05) is 6.54 Å². The lowest BCUT2D eigenvalue weighted by atomic mass is 10.5. The highest BCUT2D eigenvalue weighted by Crippen LogP contribution is 2.18. The van der Waals surface area contributed by atoms with Crippen molar-refractivity contribution in [2.24, 2.45) is 0 Å². The van der Waals surface area contributed by atoms with E-state index in [-0.39, 0.29) is 0 Å². The van der Waals surface area contributed by atoms with Gasteiger partial charge in [-0.3, -0.25) is 5.32 Å². The molecule has 0 spiro atoms. The number of hydrogen-bond acceptors (Lipinski definition) is 1. The molecule has 1 radical (unpaired) electrons. The Morgan fingerprint density at radius 3 is 2.78 bits per heavy atom. The molecule has 1 aliphatic carbocycles. The Kier molecular flexibility index (Phi) is 2.49. The maximum absolute atomic E-state index is 4.29. The molecule has 0 bridgehead atoms. The first-order chi connectivity index (χ1) is 4.33. The highest BCUT2D eigenvalue weighted by atomic mass is 15.1. The minimum Gasteiger partial charge on any atom is -0.298 e. The van der Waals surface area contributed by atoms with Gasteiger partial charge in [0.15, 0.2) is 0 Å². The lowest BCUT2D eigenvalue weighted by Gasteiger charge is -2.10. The standard InChI is InChI=1S/C7H15N2/c1-3-8-6(2)9-7-4-5-7/h6-7,9H,3-5H2,1-2H3. The average Bonchev–Trinajstić information content (AvgIpc) is 2.50. The quantitative estimate of drug-likeness (QED) is 0.591. The number of nitrogens with one attached hydrogen (secondary N) is 1. The van der Waals surface area contributed by atoms with E-state index in [1.165, 1.54) is 12.8 Å². The van der Waals surface area contributed by atoms with Gasteiger partial charge in [-0.15, -0.1) is 0 Å². The minimum atomic E-state index is 0.377. The van der Waals surface area contributed by atoms with Crippen LogP contribution in [-0.4, -0.2) is 18.8 Å². The summed E-state index contributed by atoms with van der Waals surface area (Å²) in [6.45, 7) is 5.12. The molecular formula is C7H15N2. The monoisotopic (exact) mass is 127 g/mol. The third-order valence-corrected chi connectivity index (χ3v) is 1.51. The SMILES string of the molecule is CC[N]C(C)NC1CC1. The lowest BCUT2D eigenvalue weighted by molar-refractivity contribution is 0.454. The first kappa shape index (κ1) is 7.03. The van der Waals surface area contributed by atoms with Gasteiger partial charge in [-0.05, 0) is 19.8 Å². The summed E-state index contributed by atoms with van der Waals surface area (Å²) in [6, 6.07) is 0.787. The molecular weight excluding hydrogens is 112 g/mol. The highest BCUT2D eigenvalue weighted by molar-refractivity contribution is 4.82. The fraction of sp³-hybridized carbons (Fsp3) is 1.00. The predicted octanol–water partition coefficient (Wildman–Crippen LogP) is 0.709. The Bertz CT molecular complexity index is 79.0. The third-order valence-electron chi connectivity index (χ3n) is 1.51. The van der Waals surface area contributed by atoms with Gasteiger partial charge in [-0.2, -0.15) is 0 Å². The second-order valence-electron chi connectivity index (χ2n) is 2.62. The Labute approximate surface area is 57.0 Å². The van der Waals surface area contributed by atoms with Crippen molar-refractivity contribution in [3.8, 4) is 0 Å². The Morgan fingerprint density at radius 1 is 1.67 bits per heavy atom. The van der Waals surface area contributed by atoms with Crippen LogP contribution < -0.4 is 10.6 Å². The summed E-state index contributed by atoms with van der Waals surface area (Å²) in [7, 11) is 0. The van der Waals surface area contributed by atoms with Gasteiger partial charge in [0.2, 0.25) is 0 Å². The third kappa shape index (κ3) is 2.82. The van der Waals surface area contributed by atoms with Crippen LogP contribution in [0.1, 0.15) is 26.7 Å². The van der Waals surface area contributed by atoms with Crippen LogP contribution in [0, 0.1) is 0 Å². The van der Waals surface area contributed by atoms with Crippen molar-refractivity contribution in [1.82, 2.24) is 10.6 Å². The summed E-state index contributed by atoms with van der Waals surface area (Å²) in [4.78, 5) is 0. The summed E-state index contributed by atoms with van der Waals surface area (Å²) in [5, 5.41) is 7.68. The van der Waals surface area contributed by atoms with Crippen LogP contribution in [0.15, 0.2) is 0 Å². The number of hydrogen-bond donors (Lipinski definition) is 1. The molecule has 1 atom stereocenters. The maximum atomic E-state index is 4.29.